The minimum atomic E-state index is 0.595. The summed E-state index contributed by atoms with van der Waals surface area (Å²) in [7, 11) is 4.37. The molecule has 16 heavy (non-hydrogen) atoms. The molecule has 96 valence electrons. The summed E-state index contributed by atoms with van der Waals surface area (Å²) in [6.45, 7) is 7.20. The van der Waals surface area contributed by atoms with Crippen molar-refractivity contribution < 1.29 is 4.74 Å². The summed E-state index contributed by atoms with van der Waals surface area (Å²) in [5.74, 6) is 2.00. The number of ether oxygens (including phenoxy) is 1. The predicted octanol–water partition coefficient (Wildman–Crippen LogP) is 1.57. The Morgan fingerprint density at radius 3 is 2.19 bits per heavy atom. The first-order valence-electron chi connectivity index (χ1n) is 6.52. The Labute approximate surface area is 100 Å². The molecule has 3 nitrogen and oxygen atoms in total. The summed E-state index contributed by atoms with van der Waals surface area (Å²) < 4.78 is 5.45. The van der Waals surface area contributed by atoms with Gasteiger partial charge in [0.1, 0.15) is 0 Å². The van der Waals surface area contributed by atoms with Crippen LogP contribution >= 0.6 is 0 Å². The highest BCUT2D eigenvalue weighted by Gasteiger charge is 2.33. The quantitative estimate of drug-likeness (QED) is 0.776. The molecule has 0 saturated carbocycles. The smallest absolute Gasteiger partial charge is 0.0469 e. The zero-order valence-corrected chi connectivity index (χ0v) is 11.3. The highest BCUT2D eigenvalue weighted by atomic mass is 16.5. The van der Waals surface area contributed by atoms with Gasteiger partial charge in [0.15, 0.2) is 0 Å². The van der Waals surface area contributed by atoms with E-state index in [0.717, 1.165) is 25.7 Å². The molecule has 2 unspecified atom stereocenters. The summed E-state index contributed by atoms with van der Waals surface area (Å²) in [4.78, 5) is 2.37. The monoisotopic (exact) mass is 228 g/mol. The van der Waals surface area contributed by atoms with Crippen LogP contribution in [0.5, 0.6) is 0 Å². The van der Waals surface area contributed by atoms with Crippen molar-refractivity contribution in [3.05, 3.63) is 0 Å². The molecule has 1 heterocycles. The van der Waals surface area contributed by atoms with E-state index in [2.05, 4.69) is 32.8 Å². The van der Waals surface area contributed by atoms with Crippen LogP contribution in [0.2, 0.25) is 0 Å². The van der Waals surface area contributed by atoms with Gasteiger partial charge in [-0.3, -0.25) is 0 Å². The van der Waals surface area contributed by atoms with E-state index >= 15 is 0 Å². The van der Waals surface area contributed by atoms with Crippen molar-refractivity contribution in [1.82, 2.24) is 4.90 Å². The lowest BCUT2D eigenvalue weighted by molar-refractivity contribution is 0.0145. The standard InChI is InChI=1S/C13H28N2O/c1-10(2)12(9-14)13(15(3)4)11-5-7-16-8-6-11/h10-13H,5-9,14H2,1-4H3. The molecule has 1 fully saturated rings. The van der Waals surface area contributed by atoms with E-state index < -0.39 is 0 Å². The van der Waals surface area contributed by atoms with Crippen molar-refractivity contribution in [3.63, 3.8) is 0 Å². The average molecular weight is 228 g/mol. The van der Waals surface area contributed by atoms with Crippen LogP contribution < -0.4 is 5.73 Å². The Morgan fingerprint density at radius 1 is 1.25 bits per heavy atom. The molecule has 0 bridgehead atoms. The Hall–Kier alpha value is -0.120. The van der Waals surface area contributed by atoms with Crippen molar-refractivity contribution in [1.29, 1.82) is 0 Å². The van der Waals surface area contributed by atoms with E-state index in [1.807, 2.05) is 0 Å². The maximum atomic E-state index is 5.96. The van der Waals surface area contributed by atoms with Crippen LogP contribution in [0, 0.1) is 17.8 Å². The molecule has 2 atom stereocenters. The minimum absolute atomic E-state index is 0.595. The first-order valence-corrected chi connectivity index (χ1v) is 6.52. The third-order valence-electron chi connectivity index (χ3n) is 3.91. The van der Waals surface area contributed by atoms with Crippen LogP contribution in [-0.4, -0.2) is 44.8 Å². The van der Waals surface area contributed by atoms with Crippen molar-refractivity contribution in [3.8, 4) is 0 Å². The summed E-state index contributed by atoms with van der Waals surface area (Å²) in [5.41, 5.74) is 5.96. The van der Waals surface area contributed by atoms with Gasteiger partial charge in [0.05, 0.1) is 0 Å². The van der Waals surface area contributed by atoms with E-state index in [0.29, 0.717) is 17.9 Å². The summed E-state index contributed by atoms with van der Waals surface area (Å²) in [6.07, 6.45) is 2.37. The lowest BCUT2D eigenvalue weighted by atomic mass is 9.77. The molecule has 0 aromatic carbocycles. The van der Waals surface area contributed by atoms with Crippen molar-refractivity contribution in [2.45, 2.75) is 32.7 Å². The van der Waals surface area contributed by atoms with Gasteiger partial charge in [-0.15, -0.1) is 0 Å². The van der Waals surface area contributed by atoms with E-state index in [1.54, 1.807) is 0 Å². The molecule has 0 radical (unpaired) electrons. The maximum Gasteiger partial charge on any atom is 0.0469 e. The second kappa shape index (κ2) is 6.58. The number of nitrogens with two attached hydrogens (primary N) is 1. The van der Waals surface area contributed by atoms with Gasteiger partial charge in [-0.25, -0.2) is 0 Å². The van der Waals surface area contributed by atoms with Gasteiger partial charge in [-0.1, -0.05) is 13.8 Å². The second-order valence-electron chi connectivity index (χ2n) is 5.55. The molecule has 3 heteroatoms. The Bertz CT molecular complexity index is 188. The van der Waals surface area contributed by atoms with E-state index in [9.17, 15) is 0 Å². The molecule has 0 spiro atoms. The Kier molecular flexibility index (Phi) is 5.73. The molecular weight excluding hydrogens is 200 g/mol. The van der Waals surface area contributed by atoms with Crippen LogP contribution in [0.1, 0.15) is 26.7 Å². The van der Waals surface area contributed by atoms with E-state index in [-0.39, 0.29) is 0 Å². The number of rotatable bonds is 5. The molecule has 0 aliphatic carbocycles. The van der Waals surface area contributed by atoms with Crippen LogP contribution in [-0.2, 0) is 4.74 Å². The van der Waals surface area contributed by atoms with Gasteiger partial charge >= 0.3 is 0 Å². The Morgan fingerprint density at radius 2 is 1.81 bits per heavy atom. The molecule has 1 aliphatic heterocycles. The number of nitrogens with zero attached hydrogens (tertiary/aromatic N) is 1. The average Bonchev–Trinajstić information content (AvgIpc) is 2.25. The van der Waals surface area contributed by atoms with Crippen LogP contribution in [0.25, 0.3) is 0 Å². The minimum Gasteiger partial charge on any atom is -0.381 e. The zero-order chi connectivity index (χ0) is 12.1. The molecule has 1 rings (SSSR count). The van der Waals surface area contributed by atoms with E-state index in [4.69, 9.17) is 10.5 Å². The van der Waals surface area contributed by atoms with Gasteiger partial charge in [-0.05, 0) is 51.2 Å². The normalized spacial score (nSPS) is 22.7. The fourth-order valence-corrected chi connectivity index (χ4v) is 3.02. The third-order valence-corrected chi connectivity index (χ3v) is 3.91. The first-order chi connectivity index (χ1) is 7.57. The van der Waals surface area contributed by atoms with Crippen molar-refractivity contribution in [2.24, 2.45) is 23.5 Å². The van der Waals surface area contributed by atoms with Gasteiger partial charge < -0.3 is 15.4 Å². The molecule has 2 N–H and O–H groups in total. The largest absolute Gasteiger partial charge is 0.381 e. The van der Waals surface area contributed by atoms with E-state index in [1.165, 1.54) is 12.8 Å². The highest BCUT2D eigenvalue weighted by molar-refractivity contribution is 4.86. The second-order valence-corrected chi connectivity index (χ2v) is 5.55. The SMILES string of the molecule is CC(C)C(CN)C(C1CCOCC1)N(C)C. The maximum absolute atomic E-state index is 5.96. The third kappa shape index (κ3) is 3.44. The summed E-state index contributed by atoms with van der Waals surface area (Å²) in [6, 6.07) is 0.605. The van der Waals surface area contributed by atoms with Crippen LogP contribution in [0.4, 0.5) is 0 Å². The predicted molar refractivity (Wildman–Crippen MR) is 68.4 cm³/mol. The zero-order valence-electron chi connectivity index (χ0n) is 11.3. The first kappa shape index (κ1) is 13.9. The molecule has 0 aromatic rings. The van der Waals surface area contributed by atoms with Crippen LogP contribution in [0.15, 0.2) is 0 Å². The number of hydrogen-bond donors (Lipinski definition) is 1. The molecule has 0 aromatic heterocycles. The molecular formula is C13H28N2O. The fraction of sp³-hybridized carbons (Fsp3) is 1.00. The van der Waals surface area contributed by atoms with Gasteiger partial charge in [-0.2, -0.15) is 0 Å². The lowest BCUT2D eigenvalue weighted by Crippen LogP contribution is -2.47. The summed E-state index contributed by atoms with van der Waals surface area (Å²) in [5, 5.41) is 0. The topological polar surface area (TPSA) is 38.5 Å². The van der Waals surface area contributed by atoms with Gasteiger partial charge in [0, 0.05) is 19.3 Å². The summed E-state index contributed by atoms with van der Waals surface area (Å²) >= 11 is 0. The fourth-order valence-electron chi connectivity index (χ4n) is 3.02. The van der Waals surface area contributed by atoms with Crippen molar-refractivity contribution >= 4 is 0 Å². The highest BCUT2D eigenvalue weighted by Crippen LogP contribution is 2.30. The van der Waals surface area contributed by atoms with Crippen molar-refractivity contribution in [2.75, 3.05) is 33.9 Å². The lowest BCUT2D eigenvalue weighted by Gasteiger charge is -2.41. The molecule has 1 aliphatic rings. The Balaban J connectivity index is 2.71. The molecule has 0 amide bonds. The van der Waals surface area contributed by atoms with Crippen LogP contribution in [0.3, 0.4) is 0 Å². The van der Waals surface area contributed by atoms with Gasteiger partial charge in [0.25, 0.3) is 0 Å². The molecule has 1 saturated heterocycles. The van der Waals surface area contributed by atoms with Gasteiger partial charge in [0.2, 0.25) is 0 Å². The number of hydrogen-bond acceptors (Lipinski definition) is 3.